The predicted molar refractivity (Wildman–Crippen MR) is 60.6 cm³/mol. The van der Waals surface area contributed by atoms with Crippen molar-refractivity contribution in [3.05, 3.63) is 29.3 Å². The van der Waals surface area contributed by atoms with Crippen molar-refractivity contribution in [2.24, 2.45) is 0 Å². The molecule has 0 atom stereocenters. The third-order valence-electron chi connectivity index (χ3n) is 2.60. The van der Waals surface area contributed by atoms with Gasteiger partial charge in [-0.3, -0.25) is 0 Å². The molecule has 0 heterocycles. The Hall–Kier alpha value is -1.02. The second-order valence-electron chi connectivity index (χ2n) is 3.98. The Labute approximate surface area is 86.2 Å². The Balaban J connectivity index is 2.99. The van der Waals surface area contributed by atoms with Gasteiger partial charge in [0.1, 0.15) is 0 Å². The lowest BCUT2D eigenvalue weighted by Gasteiger charge is -2.25. The van der Waals surface area contributed by atoms with Gasteiger partial charge in [0.05, 0.1) is 6.61 Å². The molecule has 0 fully saturated rings. The molecule has 14 heavy (non-hydrogen) atoms. The first-order valence-corrected chi connectivity index (χ1v) is 4.99. The lowest BCUT2D eigenvalue weighted by atomic mass is 10.1. The first kappa shape index (κ1) is 11.1. The van der Waals surface area contributed by atoms with Crippen LogP contribution in [0.3, 0.4) is 0 Å². The minimum absolute atomic E-state index is 0.118. The summed E-state index contributed by atoms with van der Waals surface area (Å²) in [6.45, 7) is 6.53. The third-order valence-corrected chi connectivity index (χ3v) is 2.60. The molecule has 0 aromatic heterocycles. The van der Waals surface area contributed by atoms with E-state index in [1.807, 2.05) is 12.1 Å². The molecule has 0 amide bonds. The molecule has 1 aromatic carbocycles. The van der Waals surface area contributed by atoms with Crippen LogP contribution >= 0.6 is 0 Å². The highest BCUT2D eigenvalue weighted by Crippen LogP contribution is 2.21. The Morgan fingerprint density at radius 1 is 1.36 bits per heavy atom. The van der Waals surface area contributed by atoms with Crippen LogP contribution in [0.1, 0.15) is 25.0 Å². The summed E-state index contributed by atoms with van der Waals surface area (Å²) < 4.78 is 0. The number of rotatable bonds is 3. The van der Waals surface area contributed by atoms with Crippen LogP contribution in [0, 0.1) is 6.92 Å². The van der Waals surface area contributed by atoms with Crippen LogP contribution in [0.25, 0.3) is 0 Å². The van der Waals surface area contributed by atoms with Crippen molar-refractivity contribution in [3.8, 4) is 0 Å². The van der Waals surface area contributed by atoms with Gasteiger partial charge in [0.15, 0.2) is 0 Å². The van der Waals surface area contributed by atoms with E-state index in [1.165, 1.54) is 11.3 Å². The molecule has 0 aliphatic heterocycles. The zero-order valence-corrected chi connectivity index (χ0v) is 9.41. The summed E-state index contributed by atoms with van der Waals surface area (Å²) in [5.41, 5.74) is 3.42. The van der Waals surface area contributed by atoms with E-state index in [0.29, 0.717) is 6.04 Å². The minimum atomic E-state index is 0.118. The molecule has 1 aromatic rings. The number of nitrogens with zero attached hydrogens (tertiary/aromatic N) is 1. The third kappa shape index (κ3) is 2.26. The smallest absolute Gasteiger partial charge is 0.0681 e. The SMILES string of the molecule is Cc1cc(CO)ccc1N(C)C(C)C. The summed E-state index contributed by atoms with van der Waals surface area (Å²) in [4.78, 5) is 2.23. The van der Waals surface area contributed by atoms with Crippen molar-refractivity contribution in [1.82, 2.24) is 0 Å². The molecule has 0 aliphatic carbocycles. The summed E-state index contributed by atoms with van der Waals surface area (Å²) in [6, 6.07) is 6.57. The van der Waals surface area contributed by atoms with Crippen LogP contribution in [0.4, 0.5) is 5.69 Å². The van der Waals surface area contributed by atoms with Crippen molar-refractivity contribution >= 4 is 5.69 Å². The molecule has 1 N–H and O–H groups in total. The summed E-state index contributed by atoms with van der Waals surface area (Å²) >= 11 is 0. The van der Waals surface area contributed by atoms with Crippen LogP contribution < -0.4 is 4.90 Å². The van der Waals surface area contributed by atoms with Crippen LogP contribution in [-0.4, -0.2) is 18.2 Å². The zero-order valence-electron chi connectivity index (χ0n) is 9.41. The number of benzene rings is 1. The highest BCUT2D eigenvalue weighted by molar-refractivity contribution is 5.54. The summed E-state index contributed by atoms with van der Waals surface area (Å²) in [6.07, 6.45) is 0. The maximum Gasteiger partial charge on any atom is 0.0681 e. The fourth-order valence-electron chi connectivity index (χ4n) is 1.49. The van der Waals surface area contributed by atoms with E-state index in [0.717, 1.165) is 5.56 Å². The Kier molecular flexibility index (Phi) is 3.53. The summed E-state index contributed by atoms with van der Waals surface area (Å²) in [7, 11) is 2.09. The molecule has 78 valence electrons. The molecule has 2 nitrogen and oxygen atoms in total. The maximum atomic E-state index is 8.99. The fourth-order valence-corrected chi connectivity index (χ4v) is 1.49. The molecule has 0 aliphatic rings. The molecule has 0 spiro atoms. The second-order valence-corrected chi connectivity index (χ2v) is 3.98. The first-order chi connectivity index (χ1) is 6.56. The molecular formula is C12H19NO. The van der Waals surface area contributed by atoms with E-state index in [-0.39, 0.29) is 6.61 Å². The molecular weight excluding hydrogens is 174 g/mol. The fraction of sp³-hybridized carbons (Fsp3) is 0.500. The molecule has 2 heteroatoms. The molecule has 0 saturated carbocycles. The molecule has 0 bridgehead atoms. The lowest BCUT2D eigenvalue weighted by molar-refractivity contribution is 0.282. The Morgan fingerprint density at radius 3 is 2.43 bits per heavy atom. The Morgan fingerprint density at radius 2 is 2.00 bits per heavy atom. The normalized spacial score (nSPS) is 10.7. The number of aliphatic hydroxyl groups excluding tert-OH is 1. The average molecular weight is 193 g/mol. The number of hydrogen-bond acceptors (Lipinski definition) is 2. The number of anilines is 1. The maximum absolute atomic E-state index is 8.99. The van der Waals surface area contributed by atoms with Gasteiger partial charge >= 0.3 is 0 Å². The van der Waals surface area contributed by atoms with Gasteiger partial charge in [-0.25, -0.2) is 0 Å². The molecule has 1 rings (SSSR count). The second kappa shape index (κ2) is 4.47. The van der Waals surface area contributed by atoms with Gasteiger partial charge in [0.2, 0.25) is 0 Å². The van der Waals surface area contributed by atoms with E-state index in [2.05, 4.69) is 38.8 Å². The minimum Gasteiger partial charge on any atom is -0.392 e. The summed E-state index contributed by atoms with van der Waals surface area (Å²) in [5.74, 6) is 0. The van der Waals surface area contributed by atoms with Gasteiger partial charge in [-0.05, 0) is 38.0 Å². The highest BCUT2D eigenvalue weighted by Gasteiger charge is 2.07. The van der Waals surface area contributed by atoms with Gasteiger partial charge in [0.25, 0.3) is 0 Å². The number of hydrogen-bond donors (Lipinski definition) is 1. The largest absolute Gasteiger partial charge is 0.392 e. The molecule has 0 radical (unpaired) electrons. The standard InChI is InChI=1S/C12H19NO/c1-9(2)13(4)12-6-5-11(8-14)7-10(12)3/h5-7,9,14H,8H2,1-4H3. The Bertz CT molecular complexity index is 307. The van der Waals surface area contributed by atoms with E-state index in [4.69, 9.17) is 5.11 Å². The topological polar surface area (TPSA) is 23.5 Å². The van der Waals surface area contributed by atoms with E-state index in [1.54, 1.807) is 0 Å². The van der Waals surface area contributed by atoms with Crippen molar-refractivity contribution < 1.29 is 5.11 Å². The van der Waals surface area contributed by atoms with Gasteiger partial charge in [-0.2, -0.15) is 0 Å². The van der Waals surface area contributed by atoms with Gasteiger partial charge < -0.3 is 10.0 Å². The van der Waals surface area contributed by atoms with E-state index in [9.17, 15) is 0 Å². The highest BCUT2D eigenvalue weighted by atomic mass is 16.3. The van der Waals surface area contributed by atoms with Gasteiger partial charge in [0, 0.05) is 18.8 Å². The number of aliphatic hydroxyl groups is 1. The summed E-state index contributed by atoms with van der Waals surface area (Å²) in [5, 5.41) is 8.99. The van der Waals surface area contributed by atoms with Crippen molar-refractivity contribution in [2.75, 3.05) is 11.9 Å². The van der Waals surface area contributed by atoms with Crippen molar-refractivity contribution in [1.29, 1.82) is 0 Å². The molecule has 0 unspecified atom stereocenters. The van der Waals surface area contributed by atoms with Crippen LogP contribution in [-0.2, 0) is 6.61 Å². The van der Waals surface area contributed by atoms with Gasteiger partial charge in [-0.15, -0.1) is 0 Å². The predicted octanol–water partition coefficient (Wildman–Crippen LogP) is 2.33. The molecule has 0 saturated heterocycles. The van der Waals surface area contributed by atoms with E-state index < -0.39 is 0 Å². The van der Waals surface area contributed by atoms with Crippen LogP contribution in [0.2, 0.25) is 0 Å². The van der Waals surface area contributed by atoms with Crippen molar-refractivity contribution in [3.63, 3.8) is 0 Å². The van der Waals surface area contributed by atoms with Crippen LogP contribution in [0.15, 0.2) is 18.2 Å². The van der Waals surface area contributed by atoms with Crippen molar-refractivity contribution in [2.45, 2.75) is 33.4 Å². The van der Waals surface area contributed by atoms with Crippen LogP contribution in [0.5, 0.6) is 0 Å². The van der Waals surface area contributed by atoms with E-state index >= 15 is 0 Å². The average Bonchev–Trinajstić information content (AvgIpc) is 2.16. The lowest BCUT2D eigenvalue weighted by Crippen LogP contribution is -2.26. The number of aryl methyl sites for hydroxylation is 1. The zero-order chi connectivity index (χ0) is 10.7. The first-order valence-electron chi connectivity index (χ1n) is 4.99. The van der Waals surface area contributed by atoms with Gasteiger partial charge in [-0.1, -0.05) is 12.1 Å². The quantitative estimate of drug-likeness (QED) is 0.796. The monoisotopic (exact) mass is 193 g/mol.